The Morgan fingerprint density at radius 1 is 1.18 bits per heavy atom. The molecule has 3 N–H and O–H groups in total. The summed E-state index contributed by atoms with van der Waals surface area (Å²) >= 11 is 12.6. The molecule has 1 heterocycles. The molecule has 0 spiro atoms. The summed E-state index contributed by atoms with van der Waals surface area (Å²) in [6.07, 6.45) is 0. The molecule has 0 fully saturated rings. The Kier molecular flexibility index (Phi) is 3.61. The van der Waals surface area contributed by atoms with E-state index in [1.54, 1.807) is 24.3 Å². The van der Waals surface area contributed by atoms with Gasteiger partial charge in [0.25, 0.3) is 0 Å². The summed E-state index contributed by atoms with van der Waals surface area (Å²) in [7, 11) is 0. The maximum Gasteiger partial charge on any atom is 0.205 e. The van der Waals surface area contributed by atoms with Gasteiger partial charge in [-0.3, -0.25) is 0 Å². The van der Waals surface area contributed by atoms with E-state index in [0.717, 1.165) is 0 Å². The lowest BCUT2D eigenvalue weighted by molar-refractivity contribution is 0.388. The molecule has 2 aromatic carbocycles. The molecule has 3 rings (SSSR count). The number of nitriles is 1. The molecule has 0 aliphatic carbocycles. The Labute approximate surface area is 136 Å². The molecule has 2 aromatic rings. The van der Waals surface area contributed by atoms with Crippen molar-refractivity contribution in [2.75, 3.05) is 0 Å². The van der Waals surface area contributed by atoms with Crippen molar-refractivity contribution in [3.8, 4) is 17.6 Å². The highest BCUT2D eigenvalue weighted by atomic mass is 35.5. The topological polar surface area (TPSA) is 79.3 Å². The molecule has 0 bridgehead atoms. The number of phenols is 1. The number of allylic oxidation sites excluding steroid dienone is 1. The zero-order valence-corrected chi connectivity index (χ0v) is 12.7. The van der Waals surface area contributed by atoms with Crippen molar-refractivity contribution in [2.24, 2.45) is 5.73 Å². The van der Waals surface area contributed by atoms with Gasteiger partial charge in [-0.05, 0) is 18.2 Å². The molecule has 6 heteroatoms. The highest BCUT2D eigenvalue weighted by Crippen LogP contribution is 2.47. The fourth-order valence-electron chi connectivity index (χ4n) is 2.53. The van der Waals surface area contributed by atoms with Crippen LogP contribution >= 0.6 is 23.2 Å². The van der Waals surface area contributed by atoms with Gasteiger partial charge < -0.3 is 15.6 Å². The Bertz CT molecular complexity index is 820. The standard InChI is InChI=1S/C16H10Cl2N2O2/c17-11-2-1-3-12(18)15(11)14-9-5-4-8(21)6-13(9)22-16(20)10(14)7-19/h1-6,14,21H,20H2/t14-/m1/s1. The fourth-order valence-corrected chi connectivity index (χ4v) is 3.14. The van der Waals surface area contributed by atoms with Gasteiger partial charge in [-0.2, -0.15) is 5.26 Å². The molecule has 1 aliphatic rings. The van der Waals surface area contributed by atoms with Crippen molar-refractivity contribution >= 4 is 23.2 Å². The third-order valence-electron chi connectivity index (χ3n) is 3.49. The summed E-state index contributed by atoms with van der Waals surface area (Å²) in [4.78, 5) is 0. The Hall–Kier alpha value is -2.35. The minimum absolute atomic E-state index is 0.0263. The summed E-state index contributed by atoms with van der Waals surface area (Å²) in [5.74, 6) is -0.161. The van der Waals surface area contributed by atoms with E-state index < -0.39 is 5.92 Å². The van der Waals surface area contributed by atoms with Crippen LogP contribution in [0.15, 0.2) is 47.9 Å². The average molecular weight is 333 g/mol. The third kappa shape index (κ3) is 2.25. The molecule has 4 nitrogen and oxygen atoms in total. The highest BCUT2D eigenvalue weighted by Gasteiger charge is 2.33. The number of nitrogens with zero attached hydrogens (tertiary/aromatic N) is 1. The van der Waals surface area contributed by atoms with Gasteiger partial charge in [-0.1, -0.05) is 35.3 Å². The highest BCUT2D eigenvalue weighted by molar-refractivity contribution is 6.36. The van der Waals surface area contributed by atoms with Crippen LogP contribution in [0.1, 0.15) is 17.0 Å². The van der Waals surface area contributed by atoms with Crippen molar-refractivity contribution in [2.45, 2.75) is 5.92 Å². The smallest absolute Gasteiger partial charge is 0.205 e. The van der Waals surface area contributed by atoms with Crippen molar-refractivity contribution in [3.63, 3.8) is 0 Å². The minimum atomic E-state index is -0.546. The number of benzene rings is 2. The predicted molar refractivity (Wildman–Crippen MR) is 83.9 cm³/mol. The van der Waals surface area contributed by atoms with Crippen LogP contribution in [0.5, 0.6) is 11.5 Å². The number of hydrogen-bond acceptors (Lipinski definition) is 4. The van der Waals surface area contributed by atoms with E-state index in [-0.39, 0.29) is 17.2 Å². The van der Waals surface area contributed by atoms with E-state index >= 15 is 0 Å². The normalized spacial score (nSPS) is 16.7. The van der Waals surface area contributed by atoms with Crippen LogP contribution < -0.4 is 10.5 Å². The van der Waals surface area contributed by atoms with E-state index in [2.05, 4.69) is 6.07 Å². The second-order valence-electron chi connectivity index (χ2n) is 4.78. The van der Waals surface area contributed by atoms with E-state index in [1.165, 1.54) is 12.1 Å². The number of phenolic OH excluding ortho intramolecular Hbond substituents is 1. The molecule has 22 heavy (non-hydrogen) atoms. The van der Waals surface area contributed by atoms with Crippen molar-refractivity contribution in [1.29, 1.82) is 5.26 Å². The quantitative estimate of drug-likeness (QED) is 0.829. The van der Waals surface area contributed by atoms with E-state index in [1.807, 2.05) is 0 Å². The number of nitrogens with two attached hydrogens (primary N) is 1. The maximum absolute atomic E-state index is 9.61. The van der Waals surface area contributed by atoms with E-state index in [0.29, 0.717) is 26.9 Å². The summed E-state index contributed by atoms with van der Waals surface area (Å²) < 4.78 is 5.44. The van der Waals surface area contributed by atoms with E-state index in [4.69, 9.17) is 33.7 Å². The van der Waals surface area contributed by atoms with E-state index in [9.17, 15) is 10.4 Å². The fraction of sp³-hybridized carbons (Fsp3) is 0.0625. The SMILES string of the molecule is N#CC1=C(N)Oc2cc(O)ccc2[C@H]1c1c(Cl)cccc1Cl. The van der Waals surface area contributed by atoms with Gasteiger partial charge >= 0.3 is 0 Å². The molecule has 0 amide bonds. The van der Waals surface area contributed by atoms with Gasteiger partial charge in [0.05, 0.1) is 5.92 Å². The first-order valence-electron chi connectivity index (χ1n) is 6.37. The van der Waals surface area contributed by atoms with Gasteiger partial charge in [0.1, 0.15) is 23.1 Å². The van der Waals surface area contributed by atoms with Crippen LogP contribution in [-0.2, 0) is 0 Å². The Morgan fingerprint density at radius 3 is 2.50 bits per heavy atom. The van der Waals surface area contributed by atoms with Crippen molar-refractivity contribution < 1.29 is 9.84 Å². The third-order valence-corrected chi connectivity index (χ3v) is 4.15. The first-order chi connectivity index (χ1) is 10.5. The minimum Gasteiger partial charge on any atom is -0.508 e. The second-order valence-corrected chi connectivity index (χ2v) is 5.60. The lowest BCUT2D eigenvalue weighted by Gasteiger charge is -2.27. The summed E-state index contributed by atoms with van der Waals surface area (Å²) in [5, 5.41) is 19.9. The van der Waals surface area contributed by atoms with Crippen LogP contribution in [0.2, 0.25) is 10.0 Å². The zero-order valence-electron chi connectivity index (χ0n) is 11.2. The van der Waals surface area contributed by atoms with Gasteiger partial charge in [0, 0.05) is 27.2 Å². The molecular weight excluding hydrogens is 323 g/mol. The largest absolute Gasteiger partial charge is 0.508 e. The number of hydrogen-bond donors (Lipinski definition) is 2. The average Bonchev–Trinajstić information content (AvgIpc) is 2.46. The molecule has 0 aromatic heterocycles. The van der Waals surface area contributed by atoms with Crippen LogP contribution in [-0.4, -0.2) is 5.11 Å². The van der Waals surface area contributed by atoms with Crippen LogP contribution in [0.3, 0.4) is 0 Å². The van der Waals surface area contributed by atoms with Gasteiger partial charge in [-0.25, -0.2) is 0 Å². The van der Waals surface area contributed by atoms with Crippen LogP contribution in [0, 0.1) is 11.3 Å². The molecule has 1 atom stereocenters. The summed E-state index contributed by atoms with van der Waals surface area (Å²) in [6.45, 7) is 0. The van der Waals surface area contributed by atoms with Crippen molar-refractivity contribution in [3.05, 3.63) is 69.0 Å². The number of aromatic hydroxyl groups is 1. The molecular formula is C16H10Cl2N2O2. The summed E-state index contributed by atoms with van der Waals surface area (Å²) in [6, 6.07) is 11.8. The molecule has 0 saturated heterocycles. The Balaban J connectivity index is 2.31. The van der Waals surface area contributed by atoms with Crippen molar-refractivity contribution in [1.82, 2.24) is 0 Å². The molecule has 0 unspecified atom stereocenters. The number of rotatable bonds is 1. The Morgan fingerprint density at radius 2 is 1.86 bits per heavy atom. The second kappa shape index (κ2) is 5.45. The first kappa shape index (κ1) is 14.6. The monoisotopic (exact) mass is 332 g/mol. The van der Waals surface area contributed by atoms with Gasteiger partial charge in [0.15, 0.2) is 0 Å². The number of halogens is 2. The molecule has 110 valence electrons. The lowest BCUT2D eigenvalue weighted by atomic mass is 9.83. The molecule has 1 aliphatic heterocycles. The first-order valence-corrected chi connectivity index (χ1v) is 7.13. The van der Waals surface area contributed by atoms with Gasteiger partial charge in [-0.15, -0.1) is 0 Å². The number of ether oxygens (including phenoxy) is 1. The van der Waals surface area contributed by atoms with Crippen LogP contribution in [0.4, 0.5) is 0 Å². The summed E-state index contributed by atoms with van der Waals surface area (Å²) in [5.41, 5.74) is 7.33. The lowest BCUT2D eigenvalue weighted by Crippen LogP contribution is -2.21. The van der Waals surface area contributed by atoms with Crippen LogP contribution in [0.25, 0.3) is 0 Å². The molecule has 0 radical (unpaired) electrons. The molecule has 0 saturated carbocycles. The number of fused-ring (bicyclic) bond motifs is 1. The maximum atomic E-state index is 9.61. The zero-order chi connectivity index (χ0) is 15.9. The van der Waals surface area contributed by atoms with Gasteiger partial charge in [0.2, 0.25) is 5.88 Å². The predicted octanol–water partition coefficient (Wildman–Crippen LogP) is 3.92.